The van der Waals surface area contributed by atoms with E-state index in [2.05, 4.69) is 14.9 Å². The molecule has 0 aromatic carbocycles. The van der Waals surface area contributed by atoms with Gasteiger partial charge in [-0.2, -0.15) is 4.98 Å². The minimum atomic E-state index is -3.47. The second-order valence-corrected chi connectivity index (χ2v) is 9.27. The minimum absolute atomic E-state index is 0.0269. The van der Waals surface area contributed by atoms with Gasteiger partial charge in [-0.25, -0.2) is 13.4 Å². The van der Waals surface area contributed by atoms with Crippen LogP contribution < -0.4 is 9.64 Å². The van der Waals surface area contributed by atoms with Gasteiger partial charge in [0.15, 0.2) is 21.4 Å². The van der Waals surface area contributed by atoms with Gasteiger partial charge in [0.2, 0.25) is 5.28 Å². The molecule has 3 aliphatic heterocycles. The number of sulfone groups is 1. The maximum Gasteiger partial charge on any atom is 0.224 e. The molecule has 25 heavy (non-hydrogen) atoms. The molecule has 1 aromatic rings. The molecule has 0 amide bonds. The van der Waals surface area contributed by atoms with E-state index in [0.717, 1.165) is 0 Å². The first-order chi connectivity index (χ1) is 11.9. The number of anilines is 1. The lowest BCUT2D eigenvalue weighted by atomic mass is 9.93. The largest absolute Gasteiger partial charge is 0.486 e. The molecule has 0 spiro atoms. The lowest BCUT2D eigenvalue weighted by Crippen LogP contribution is -2.52. The van der Waals surface area contributed by atoms with Gasteiger partial charge in [0.05, 0.1) is 19.3 Å². The number of aromatic nitrogens is 2. The first-order valence-corrected chi connectivity index (χ1v) is 10.5. The summed E-state index contributed by atoms with van der Waals surface area (Å²) in [5, 5.41) is 0.0269. The predicted molar refractivity (Wildman–Crippen MR) is 91.1 cm³/mol. The normalized spacial score (nSPS) is 25.7. The van der Waals surface area contributed by atoms with E-state index < -0.39 is 14.6 Å². The molecule has 8 nitrogen and oxygen atoms in total. The third-order valence-electron chi connectivity index (χ3n) is 5.18. The van der Waals surface area contributed by atoms with E-state index in [-0.39, 0.29) is 11.3 Å². The summed E-state index contributed by atoms with van der Waals surface area (Å²) < 4.78 is 41.1. The molecule has 1 unspecified atom stereocenters. The molecule has 0 aliphatic carbocycles. The molecule has 0 bridgehead atoms. The van der Waals surface area contributed by atoms with E-state index in [0.29, 0.717) is 69.7 Å². The molecule has 0 saturated carbocycles. The van der Waals surface area contributed by atoms with Gasteiger partial charge >= 0.3 is 0 Å². The molecule has 4 heterocycles. The molecular formula is C15H20ClN3O5S. The Morgan fingerprint density at radius 3 is 2.64 bits per heavy atom. The molecular weight excluding hydrogens is 370 g/mol. The smallest absolute Gasteiger partial charge is 0.224 e. The first kappa shape index (κ1) is 17.3. The summed E-state index contributed by atoms with van der Waals surface area (Å²) >= 11 is 6.18. The van der Waals surface area contributed by atoms with E-state index >= 15 is 0 Å². The molecule has 10 heteroatoms. The van der Waals surface area contributed by atoms with Gasteiger partial charge in [-0.05, 0) is 24.4 Å². The van der Waals surface area contributed by atoms with E-state index in [1.165, 1.54) is 6.26 Å². The summed E-state index contributed by atoms with van der Waals surface area (Å²) in [6.07, 6.45) is 1.88. The van der Waals surface area contributed by atoms with Crippen molar-refractivity contribution in [1.82, 2.24) is 9.97 Å². The zero-order valence-corrected chi connectivity index (χ0v) is 15.5. The van der Waals surface area contributed by atoms with Crippen LogP contribution in [0.25, 0.3) is 0 Å². The number of hydrogen-bond donors (Lipinski definition) is 0. The van der Waals surface area contributed by atoms with Gasteiger partial charge in [-0.3, -0.25) is 0 Å². The highest BCUT2D eigenvalue weighted by atomic mass is 35.5. The second-order valence-electron chi connectivity index (χ2n) is 6.61. The van der Waals surface area contributed by atoms with Crippen LogP contribution in [-0.2, 0) is 24.1 Å². The molecule has 2 fully saturated rings. The Kier molecular flexibility index (Phi) is 4.30. The van der Waals surface area contributed by atoms with E-state index in [1.54, 1.807) is 0 Å². The van der Waals surface area contributed by atoms with Crippen molar-refractivity contribution in [3.8, 4) is 5.75 Å². The number of ether oxygens (including phenoxy) is 3. The SMILES string of the molecule is CS(=O)(=O)C1(c2nc(Cl)nc3c2OCC2COCCN32)CCOCC1. The first-order valence-electron chi connectivity index (χ1n) is 8.25. The van der Waals surface area contributed by atoms with Crippen molar-refractivity contribution in [3.05, 3.63) is 11.0 Å². The van der Waals surface area contributed by atoms with Gasteiger partial charge in [0, 0.05) is 26.0 Å². The maximum absolute atomic E-state index is 12.7. The van der Waals surface area contributed by atoms with Crippen LogP contribution in [0.4, 0.5) is 5.82 Å². The lowest BCUT2D eigenvalue weighted by Gasteiger charge is -2.42. The Balaban J connectivity index is 1.89. The number of fused-ring (bicyclic) bond motifs is 3. The third-order valence-corrected chi connectivity index (χ3v) is 7.37. The monoisotopic (exact) mass is 389 g/mol. The average molecular weight is 390 g/mol. The Bertz CT molecular complexity index is 782. The molecule has 3 aliphatic rings. The molecule has 0 N–H and O–H groups in total. The summed E-state index contributed by atoms with van der Waals surface area (Å²) in [4.78, 5) is 10.7. The van der Waals surface area contributed by atoms with Crippen molar-refractivity contribution in [2.45, 2.75) is 23.6 Å². The standard InChI is InChI=1S/C15H20ClN3O5S/c1-25(20,21)15(2-5-22-6-3-15)12-11-13(18-14(16)17-12)19-4-7-23-8-10(19)9-24-11/h10H,2-9H2,1H3. The van der Waals surface area contributed by atoms with E-state index in [9.17, 15) is 8.42 Å². The van der Waals surface area contributed by atoms with Gasteiger partial charge in [0.1, 0.15) is 17.0 Å². The number of hydrogen-bond acceptors (Lipinski definition) is 8. The van der Waals surface area contributed by atoms with Crippen molar-refractivity contribution < 1.29 is 22.6 Å². The van der Waals surface area contributed by atoms with Crippen LogP contribution in [0.1, 0.15) is 18.5 Å². The molecule has 138 valence electrons. The van der Waals surface area contributed by atoms with Gasteiger partial charge < -0.3 is 19.1 Å². The molecule has 4 rings (SSSR count). The average Bonchev–Trinajstić information content (AvgIpc) is 2.60. The fourth-order valence-corrected chi connectivity index (χ4v) is 5.35. The highest BCUT2D eigenvalue weighted by Crippen LogP contribution is 2.47. The van der Waals surface area contributed by atoms with Crippen LogP contribution in [0.2, 0.25) is 5.28 Å². The van der Waals surface area contributed by atoms with Crippen molar-refractivity contribution in [1.29, 1.82) is 0 Å². The summed E-state index contributed by atoms with van der Waals surface area (Å²) in [7, 11) is -3.47. The zero-order valence-electron chi connectivity index (χ0n) is 13.9. The Labute approximate surface area is 151 Å². The fourth-order valence-electron chi connectivity index (χ4n) is 3.78. The second kappa shape index (κ2) is 6.22. The Morgan fingerprint density at radius 2 is 1.92 bits per heavy atom. The van der Waals surface area contributed by atoms with Crippen LogP contribution in [0, 0.1) is 0 Å². The number of nitrogens with zero attached hydrogens (tertiary/aromatic N) is 3. The number of halogens is 1. The highest BCUT2D eigenvalue weighted by Gasteiger charge is 2.49. The zero-order chi connectivity index (χ0) is 17.7. The number of rotatable bonds is 2. The van der Waals surface area contributed by atoms with Crippen LogP contribution in [-0.4, -0.2) is 70.3 Å². The third kappa shape index (κ3) is 2.77. The minimum Gasteiger partial charge on any atom is -0.486 e. The summed E-state index contributed by atoms with van der Waals surface area (Å²) in [6, 6.07) is 0.0453. The quantitative estimate of drug-likeness (QED) is 0.685. The van der Waals surface area contributed by atoms with Crippen molar-refractivity contribution in [2.75, 3.05) is 50.7 Å². The Hall–Kier alpha value is -1.16. The predicted octanol–water partition coefficient (Wildman–Crippen LogP) is 0.778. The molecule has 1 atom stereocenters. The molecule has 2 saturated heterocycles. The number of morpholine rings is 1. The van der Waals surface area contributed by atoms with E-state index in [4.69, 9.17) is 25.8 Å². The van der Waals surface area contributed by atoms with Crippen LogP contribution in [0.3, 0.4) is 0 Å². The molecule has 1 aromatic heterocycles. The lowest BCUT2D eigenvalue weighted by molar-refractivity contribution is 0.0639. The van der Waals surface area contributed by atoms with Gasteiger partial charge in [-0.1, -0.05) is 0 Å². The van der Waals surface area contributed by atoms with Crippen molar-refractivity contribution >= 4 is 27.3 Å². The molecule has 0 radical (unpaired) electrons. The van der Waals surface area contributed by atoms with Crippen LogP contribution >= 0.6 is 11.6 Å². The van der Waals surface area contributed by atoms with Crippen molar-refractivity contribution in [3.63, 3.8) is 0 Å². The topological polar surface area (TPSA) is 90.9 Å². The fraction of sp³-hybridized carbons (Fsp3) is 0.733. The maximum atomic E-state index is 12.7. The van der Waals surface area contributed by atoms with Crippen LogP contribution in [0.5, 0.6) is 5.75 Å². The van der Waals surface area contributed by atoms with E-state index in [1.807, 2.05) is 0 Å². The van der Waals surface area contributed by atoms with Crippen molar-refractivity contribution in [2.24, 2.45) is 0 Å². The summed E-state index contributed by atoms with van der Waals surface area (Å²) in [5.41, 5.74) is 0.359. The Morgan fingerprint density at radius 1 is 1.16 bits per heavy atom. The summed E-state index contributed by atoms with van der Waals surface area (Å²) in [6.45, 7) is 2.89. The van der Waals surface area contributed by atoms with Gasteiger partial charge in [0.25, 0.3) is 0 Å². The van der Waals surface area contributed by atoms with Crippen LogP contribution in [0.15, 0.2) is 0 Å². The highest BCUT2D eigenvalue weighted by molar-refractivity contribution is 7.91. The van der Waals surface area contributed by atoms with Gasteiger partial charge in [-0.15, -0.1) is 0 Å². The summed E-state index contributed by atoms with van der Waals surface area (Å²) in [5.74, 6) is 0.985.